The average Bonchev–Trinajstić information content (AvgIpc) is 2.76. The van der Waals surface area contributed by atoms with Crippen molar-refractivity contribution in [2.75, 3.05) is 7.11 Å². The van der Waals surface area contributed by atoms with Crippen LogP contribution in [0.4, 0.5) is 0 Å². The van der Waals surface area contributed by atoms with Gasteiger partial charge in [0.2, 0.25) is 0 Å². The summed E-state index contributed by atoms with van der Waals surface area (Å²) in [6.45, 7) is 0. The SMILES string of the molecule is CO[C@@H]1CCCC[C@@H](NC(=O)c2cccc3ncccc23)[C@H]1O. The number of carbonyl (C=O) groups excluding carboxylic acids is 1. The summed E-state index contributed by atoms with van der Waals surface area (Å²) in [7, 11) is 1.61. The number of pyridine rings is 1. The fourth-order valence-electron chi connectivity index (χ4n) is 3.27. The highest BCUT2D eigenvalue weighted by Gasteiger charge is 2.31. The number of amides is 1. The second kappa shape index (κ2) is 7.06. The van der Waals surface area contributed by atoms with Crippen molar-refractivity contribution >= 4 is 16.8 Å². The molecule has 1 fully saturated rings. The summed E-state index contributed by atoms with van der Waals surface area (Å²) in [4.78, 5) is 17.0. The first kappa shape index (κ1) is 15.9. The zero-order valence-corrected chi connectivity index (χ0v) is 13.2. The summed E-state index contributed by atoms with van der Waals surface area (Å²) in [5.74, 6) is -0.176. The molecule has 3 rings (SSSR count). The number of hydrogen-bond donors (Lipinski definition) is 2. The lowest BCUT2D eigenvalue weighted by molar-refractivity contribution is -0.0277. The van der Waals surface area contributed by atoms with Crippen LogP contribution in [0.2, 0.25) is 0 Å². The van der Waals surface area contributed by atoms with Crippen molar-refractivity contribution in [2.24, 2.45) is 0 Å². The van der Waals surface area contributed by atoms with Gasteiger partial charge >= 0.3 is 0 Å². The lowest BCUT2D eigenvalue weighted by atomic mass is 10.0. The number of benzene rings is 1. The zero-order valence-electron chi connectivity index (χ0n) is 13.2. The number of aromatic nitrogens is 1. The molecule has 0 spiro atoms. The van der Waals surface area contributed by atoms with Crippen LogP contribution in [0, 0.1) is 0 Å². The Morgan fingerprint density at radius 3 is 2.91 bits per heavy atom. The van der Waals surface area contributed by atoms with Crippen molar-refractivity contribution in [3.8, 4) is 0 Å². The third kappa shape index (κ3) is 3.35. The Morgan fingerprint density at radius 1 is 1.26 bits per heavy atom. The molecule has 3 atom stereocenters. The van der Waals surface area contributed by atoms with Crippen LogP contribution >= 0.6 is 0 Å². The van der Waals surface area contributed by atoms with Gasteiger partial charge < -0.3 is 15.2 Å². The maximum absolute atomic E-state index is 12.7. The van der Waals surface area contributed by atoms with Gasteiger partial charge in [-0.1, -0.05) is 25.0 Å². The fourth-order valence-corrected chi connectivity index (χ4v) is 3.27. The largest absolute Gasteiger partial charge is 0.388 e. The Labute approximate surface area is 135 Å². The number of methoxy groups -OCH3 is 1. The van der Waals surface area contributed by atoms with Crippen molar-refractivity contribution in [1.82, 2.24) is 10.3 Å². The molecule has 0 radical (unpaired) electrons. The molecule has 1 aliphatic carbocycles. The second-order valence-corrected chi connectivity index (χ2v) is 6.00. The molecule has 23 heavy (non-hydrogen) atoms. The van der Waals surface area contributed by atoms with E-state index in [1.807, 2.05) is 24.3 Å². The Bertz CT molecular complexity index is 684. The fraction of sp³-hybridized carbons (Fsp3) is 0.444. The van der Waals surface area contributed by atoms with Crippen LogP contribution in [-0.2, 0) is 4.74 Å². The van der Waals surface area contributed by atoms with E-state index >= 15 is 0 Å². The van der Waals surface area contributed by atoms with Crippen LogP contribution in [0.25, 0.3) is 10.9 Å². The lowest BCUT2D eigenvalue weighted by Gasteiger charge is -2.27. The molecule has 1 amide bonds. The van der Waals surface area contributed by atoms with Crippen molar-refractivity contribution in [3.63, 3.8) is 0 Å². The molecule has 2 N–H and O–H groups in total. The topological polar surface area (TPSA) is 71.5 Å². The van der Waals surface area contributed by atoms with Gasteiger partial charge in [-0.05, 0) is 31.0 Å². The molecule has 122 valence electrons. The van der Waals surface area contributed by atoms with E-state index in [9.17, 15) is 9.90 Å². The van der Waals surface area contributed by atoms with E-state index < -0.39 is 6.10 Å². The highest BCUT2D eigenvalue weighted by molar-refractivity contribution is 6.06. The molecule has 0 unspecified atom stereocenters. The molecule has 1 aromatic carbocycles. The number of carbonyl (C=O) groups is 1. The predicted molar refractivity (Wildman–Crippen MR) is 88.3 cm³/mol. The van der Waals surface area contributed by atoms with Gasteiger partial charge in [-0.2, -0.15) is 0 Å². The number of ether oxygens (including phenoxy) is 1. The van der Waals surface area contributed by atoms with Crippen LogP contribution in [0.5, 0.6) is 0 Å². The van der Waals surface area contributed by atoms with Gasteiger partial charge in [-0.15, -0.1) is 0 Å². The van der Waals surface area contributed by atoms with E-state index in [0.29, 0.717) is 5.56 Å². The predicted octanol–water partition coefficient (Wildman–Crippen LogP) is 2.28. The third-order valence-corrected chi connectivity index (χ3v) is 4.56. The van der Waals surface area contributed by atoms with E-state index in [4.69, 9.17) is 4.74 Å². The van der Waals surface area contributed by atoms with E-state index in [1.165, 1.54) is 0 Å². The smallest absolute Gasteiger partial charge is 0.252 e. The monoisotopic (exact) mass is 314 g/mol. The van der Waals surface area contributed by atoms with E-state index in [0.717, 1.165) is 36.6 Å². The van der Waals surface area contributed by atoms with Gasteiger partial charge in [0.05, 0.1) is 17.7 Å². The number of rotatable bonds is 3. The van der Waals surface area contributed by atoms with Crippen molar-refractivity contribution in [1.29, 1.82) is 0 Å². The number of aliphatic hydroxyl groups is 1. The molecular weight excluding hydrogens is 292 g/mol. The molecule has 5 heteroatoms. The first-order valence-corrected chi connectivity index (χ1v) is 8.06. The van der Waals surface area contributed by atoms with Gasteiger partial charge in [-0.3, -0.25) is 9.78 Å². The van der Waals surface area contributed by atoms with Crippen molar-refractivity contribution in [3.05, 3.63) is 42.1 Å². The molecule has 0 saturated heterocycles. The normalized spacial score (nSPS) is 25.0. The van der Waals surface area contributed by atoms with Gasteiger partial charge in [0.25, 0.3) is 5.91 Å². The van der Waals surface area contributed by atoms with Gasteiger partial charge in [0, 0.05) is 24.3 Å². The lowest BCUT2D eigenvalue weighted by Crippen LogP contribution is -2.48. The molecule has 5 nitrogen and oxygen atoms in total. The summed E-state index contributed by atoms with van der Waals surface area (Å²) in [5, 5.41) is 14.3. The number of nitrogens with one attached hydrogen (secondary N) is 1. The van der Waals surface area contributed by atoms with Crippen LogP contribution in [0.1, 0.15) is 36.0 Å². The summed E-state index contributed by atoms with van der Waals surface area (Å²) >= 11 is 0. The Kier molecular flexibility index (Phi) is 4.88. The molecule has 1 aliphatic rings. The number of aliphatic hydroxyl groups excluding tert-OH is 1. The molecule has 0 aliphatic heterocycles. The van der Waals surface area contributed by atoms with Crippen LogP contribution in [0.3, 0.4) is 0 Å². The second-order valence-electron chi connectivity index (χ2n) is 6.00. The Hall–Kier alpha value is -1.98. The molecule has 2 aromatic rings. The first-order chi connectivity index (χ1) is 11.2. The molecule has 0 bridgehead atoms. The highest BCUT2D eigenvalue weighted by atomic mass is 16.5. The first-order valence-electron chi connectivity index (χ1n) is 8.06. The van der Waals surface area contributed by atoms with Crippen LogP contribution in [0.15, 0.2) is 36.5 Å². The molecule has 1 aromatic heterocycles. The number of fused-ring (bicyclic) bond motifs is 1. The summed E-state index contributed by atoms with van der Waals surface area (Å²) in [6, 6.07) is 8.91. The maximum atomic E-state index is 12.7. The third-order valence-electron chi connectivity index (χ3n) is 4.56. The highest BCUT2D eigenvalue weighted by Crippen LogP contribution is 2.22. The standard InChI is InChI=1S/C18H22N2O3/c1-23-16-10-3-2-8-15(17(16)21)20-18(22)13-6-4-9-14-12(13)7-5-11-19-14/h4-7,9,11,15-17,21H,2-3,8,10H2,1H3,(H,20,22)/t15-,16-,17-/m1/s1. The minimum Gasteiger partial charge on any atom is -0.388 e. The van der Waals surface area contributed by atoms with Crippen molar-refractivity contribution in [2.45, 2.75) is 43.9 Å². The average molecular weight is 314 g/mol. The Morgan fingerprint density at radius 2 is 2.09 bits per heavy atom. The van der Waals surface area contributed by atoms with E-state index in [2.05, 4.69) is 10.3 Å². The van der Waals surface area contributed by atoms with E-state index in [1.54, 1.807) is 19.4 Å². The minimum absolute atomic E-state index is 0.176. The zero-order chi connectivity index (χ0) is 16.2. The molecule has 1 heterocycles. The summed E-state index contributed by atoms with van der Waals surface area (Å²) in [5.41, 5.74) is 1.37. The molecular formula is C18H22N2O3. The number of hydrogen-bond acceptors (Lipinski definition) is 4. The van der Waals surface area contributed by atoms with Crippen molar-refractivity contribution < 1.29 is 14.6 Å². The Balaban J connectivity index is 1.82. The quantitative estimate of drug-likeness (QED) is 0.853. The van der Waals surface area contributed by atoms with Crippen LogP contribution < -0.4 is 5.32 Å². The van der Waals surface area contributed by atoms with E-state index in [-0.39, 0.29) is 18.1 Å². The van der Waals surface area contributed by atoms with Gasteiger partial charge in [0.1, 0.15) is 6.10 Å². The number of nitrogens with zero attached hydrogens (tertiary/aromatic N) is 1. The minimum atomic E-state index is -0.681. The summed E-state index contributed by atoms with van der Waals surface area (Å²) < 4.78 is 5.36. The van der Waals surface area contributed by atoms with Gasteiger partial charge in [-0.25, -0.2) is 0 Å². The van der Waals surface area contributed by atoms with Crippen LogP contribution in [-0.4, -0.2) is 41.4 Å². The molecule has 1 saturated carbocycles. The van der Waals surface area contributed by atoms with Gasteiger partial charge in [0.15, 0.2) is 0 Å². The maximum Gasteiger partial charge on any atom is 0.252 e. The summed E-state index contributed by atoms with van der Waals surface area (Å²) in [6.07, 6.45) is 4.36.